The molecule has 174 valence electrons. The lowest BCUT2D eigenvalue weighted by molar-refractivity contribution is -0.275. The van der Waals surface area contributed by atoms with Crippen molar-refractivity contribution < 1.29 is 31.1 Å². The van der Waals surface area contributed by atoms with Gasteiger partial charge in [0, 0.05) is 5.56 Å². The zero-order valence-electron chi connectivity index (χ0n) is 17.9. The van der Waals surface area contributed by atoms with E-state index in [0.717, 1.165) is 44.2 Å². The molecule has 0 heterocycles. The summed E-state index contributed by atoms with van der Waals surface area (Å²) in [6, 6.07) is 4.90. The van der Waals surface area contributed by atoms with Crippen LogP contribution in [0.1, 0.15) is 79.5 Å². The SMILES string of the molecule is CCC1CCC(c2cc(F)c(C3CCc4cc(OC(F)(F)F)c(F)cc4C3)c(F)c2)CC1. The number of ether oxygens (including phenoxy) is 1. The fraction of sp³-hybridized carbons (Fsp3) is 0.520. The first-order chi connectivity index (χ1) is 15.1. The maximum absolute atomic E-state index is 15.0. The minimum Gasteiger partial charge on any atom is -0.403 e. The highest BCUT2D eigenvalue weighted by molar-refractivity contribution is 5.41. The lowest BCUT2D eigenvalue weighted by Gasteiger charge is -2.29. The van der Waals surface area contributed by atoms with Gasteiger partial charge in [-0.05, 0) is 104 Å². The monoisotopic (exact) mass is 456 g/mol. The van der Waals surface area contributed by atoms with Crippen molar-refractivity contribution in [1.82, 2.24) is 0 Å². The molecule has 1 fully saturated rings. The van der Waals surface area contributed by atoms with Gasteiger partial charge in [-0.2, -0.15) is 0 Å². The molecule has 2 aromatic carbocycles. The molecule has 2 aliphatic carbocycles. The highest BCUT2D eigenvalue weighted by Gasteiger charge is 2.34. The largest absolute Gasteiger partial charge is 0.573 e. The number of fused-ring (bicyclic) bond motifs is 1. The first kappa shape index (κ1) is 23.0. The first-order valence-electron chi connectivity index (χ1n) is 11.2. The molecule has 1 unspecified atom stereocenters. The second kappa shape index (κ2) is 8.99. The Kier molecular flexibility index (Phi) is 6.46. The molecule has 0 aliphatic heterocycles. The minimum absolute atomic E-state index is 0.0160. The molecule has 0 amide bonds. The van der Waals surface area contributed by atoms with Crippen molar-refractivity contribution in [2.75, 3.05) is 0 Å². The van der Waals surface area contributed by atoms with Gasteiger partial charge in [-0.15, -0.1) is 13.2 Å². The van der Waals surface area contributed by atoms with Gasteiger partial charge in [0.1, 0.15) is 11.6 Å². The Balaban J connectivity index is 1.54. The Morgan fingerprint density at radius 2 is 1.47 bits per heavy atom. The highest BCUT2D eigenvalue weighted by Crippen LogP contribution is 2.41. The van der Waals surface area contributed by atoms with Crippen molar-refractivity contribution in [3.8, 4) is 5.75 Å². The molecule has 0 radical (unpaired) electrons. The van der Waals surface area contributed by atoms with Gasteiger partial charge in [0.15, 0.2) is 11.6 Å². The zero-order valence-corrected chi connectivity index (χ0v) is 17.9. The quantitative estimate of drug-likeness (QED) is 0.424. The molecule has 4 rings (SSSR count). The van der Waals surface area contributed by atoms with Crippen LogP contribution in [0.5, 0.6) is 5.75 Å². The van der Waals surface area contributed by atoms with Gasteiger partial charge >= 0.3 is 6.36 Å². The molecule has 0 spiro atoms. The van der Waals surface area contributed by atoms with Crippen LogP contribution in [0.4, 0.5) is 26.3 Å². The summed E-state index contributed by atoms with van der Waals surface area (Å²) in [6.07, 6.45) is 0.930. The van der Waals surface area contributed by atoms with Crippen LogP contribution in [-0.2, 0) is 12.8 Å². The maximum atomic E-state index is 15.0. The summed E-state index contributed by atoms with van der Waals surface area (Å²) in [6.45, 7) is 2.16. The second-order valence-corrected chi connectivity index (χ2v) is 9.06. The van der Waals surface area contributed by atoms with E-state index in [1.54, 1.807) is 0 Å². The van der Waals surface area contributed by atoms with Gasteiger partial charge in [0.25, 0.3) is 0 Å². The number of halogens is 6. The van der Waals surface area contributed by atoms with Crippen molar-refractivity contribution in [1.29, 1.82) is 0 Å². The predicted octanol–water partition coefficient (Wildman–Crippen LogP) is 7.96. The molecule has 2 aromatic rings. The van der Waals surface area contributed by atoms with Gasteiger partial charge in [0.05, 0.1) is 0 Å². The summed E-state index contributed by atoms with van der Waals surface area (Å²) < 4.78 is 85.3. The smallest absolute Gasteiger partial charge is 0.403 e. The summed E-state index contributed by atoms with van der Waals surface area (Å²) in [4.78, 5) is 0. The fourth-order valence-electron chi connectivity index (χ4n) is 5.34. The minimum atomic E-state index is -4.99. The lowest BCUT2D eigenvalue weighted by atomic mass is 9.76. The zero-order chi connectivity index (χ0) is 23.0. The van der Waals surface area contributed by atoms with Crippen molar-refractivity contribution in [3.63, 3.8) is 0 Å². The summed E-state index contributed by atoms with van der Waals surface area (Å²) in [7, 11) is 0. The van der Waals surface area contributed by atoms with Gasteiger partial charge in [-0.3, -0.25) is 0 Å². The Morgan fingerprint density at radius 1 is 0.812 bits per heavy atom. The molecule has 1 nitrogen and oxygen atoms in total. The fourth-order valence-corrected chi connectivity index (χ4v) is 5.34. The van der Waals surface area contributed by atoms with E-state index in [1.165, 1.54) is 12.1 Å². The molecular formula is C25H26F6O. The van der Waals surface area contributed by atoms with Crippen molar-refractivity contribution in [3.05, 3.63) is 64.0 Å². The Bertz CT molecular complexity index is 952. The number of alkyl halides is 3. The van der Waals surface area contributed by atoms with E-state index in [9.17, 15) is 17.6 Å². The summed E-state index contributed by atoms with van der Waals surface area (Å²) in [5.41, 5.74) is 1.63. The molecule has 2 aliphatic rings. The van der Waals surface area contributed by atoms with Crippen LogP contribution in [0.2, 0.25) is 0 Å². The molecule has 7 heteroatoms. The first-order valence-corrected chi connectivity index (χ1v) is 11.2. The number of hydrogen-bond acceptors (Lipinski definition) is 1. The van der Waals surface area contributed by atoms with Gasteiger partial charge < -0.3 is 4.74 Å². The Hall–Kier alpha value is -2.18. The van der Waals surface area contributed by atoms with Crippen LogP contribution in [0.15, 0.2) is 24.3 Å². The number of aryl methyl sites for hydroxylation is 1. The lowest BCUT2D eigenvalue weighted by Crippen LogP contribution is -2.20. The van der Waals surface area contributed by atoms with Crippen LogP contribution < -0.4 is 4.74 Å². The molecule has 0 bridgehead atoms. The van der Waals surface area contributed by atoms with Gasteiger partial charge in [0.2, 0.25) is 0 Å². The predicted molar refractivity (Wildman–Crippen MR) is 109 cm³/mol. The van der Waals surface area contributed by atoms with Crippen molar-refractivity contribution in [2.45, 2.75) is 76.5 Å². The molecule has 0 saturated heterocycles. The van der Waals surface area contributed by atoms with Crippen LogP contribution >= 0.6 is 0 Å². The van der Waals surface area contributed by atoms with Gasteiger partial charge in [-0.1, -0.05) is 13.3 Å². The summed E-state index contributed by atoms with van der Waals surface area (Å²) >= 11 is 0. The molecule has 0 aromatic heterocycles. The van der Waals surface area contributed by atoms with Gasteiger partial charge in [-0.25, -0.2) is 13.2 Å². The van der Waals surface area contributed by atoms with Crippen molar-refractivity contribution >= 4 is 0 Å². The van der Waals surface area contributed by atoms with E-state index in [0.29, 0.717) is 29.0 Å². The second-order valence-electron chi connectivity index (χ2n) is 9.06. The molecule has 1 saturated carbocycles. The molecule has 32 heavy (non-hydrogen) atoms. The third-order valence-electron chi connectivity index (χ3n) is 7.11. The van der Waals surface area contributed by atoms with E-state index in [1.807, 2.05) is 0 Å². The van der Waals surface area contributed by atoms with E-state index in [4.69, 9.17) is 0 Å². The third-order valence-corrected chi connectivity index (χ3v) is 7.11. The topological polar surface area (TPSA) is 9.23 Å². The van der Waals surface area contributed by atoms with Crippen LogP contribution in [0.3, 0.4) is 0 Å². The average Bonchev–Trinajstić information content (AvgIpc) is 2.73. The van der Waals surface area contributed by atoms with E-state index in [2.05, 4.69) is 11.7 Å². The van der Waals surface area contributed by atoms with Crippen LogP contribution in [0, 0.1) is 23.4 Å². The van der Waals surface area contributed by atoms with Crippen LogP contribution in [-0.4, -0.2) is 6.36 Å². The normalized spacial score (nSPS) is 23.7. The number of rotatable bonds is 4. The van der Waals surface area contributed by atoms with E-state index in [-0.39, 0.29) is 24.3 Å². The maximum Gasteiger partial charge on any atom is 0.573 e. The average molecular weight is 456 g/mol. The highest BCUT2D eigenvalue weighted by atomic mass is 19.4. The molecular weight excluding hydrogens is 430 g/mol. The molecule has 1 atom stereocenters. The van der Waals surface area contributed by atoms with E-state index < -0.39 is 35.5 Å². The standard InChI is InChI=1S/C25H26F6O/c1-2-14-3-5-15(6-4-14)19-11-21(27)24(22(28)12-19)17-8-7-16-13-23(32-25(29,30)31)20(26)10-18(16)9-17/h10-15,17H,2-9H2,1H3. The Morgan fingerprint density at radius 3 is 2.06 bits per heavy atom. The van der Waals surface area contributed by atoms with Crippen LogP contribution in [0.25, 0.3) is 0 Å². The van der Waals surface area contributed by atoms with Crippen molar-refractivity contribution in [2.24, 2.45) is 5.92 Å². The summed E-state index contributed by atoms with van der Waals surface area (Å²) in [5.74, 6) is -2.86. The third kappa shape index (κ3) is 4.91. The number of benzene rings is 2. The summed E-state index contributed by atoms with van der Waals surface area (Å²) in [5, 5.41) is 0. The van der Waals surface area contributed by atoms with E-state index >= 15 is 8.78 Å². The number of hydrogen-bond donors (Lipinski definition) is 0. The Labute approximate surface area is 183 Å². The molecule has 0 N–H and O–H groups in total.